The molecule has 1 N–H and O–H groups in total. The number of anilines is 1. The largest absolute Gasteiger partial charge is 0.493 e. The molecule has 0 atom stereocenters. The quantitative estimate of drug-likeness (QED) is 0.554. The molecule has 32 heavy (non-hydrogen) atoms. The molecule has 2 aromatic carbocycles. The number of sulfonamides is 1. The number of nitrogens with zero attached hydrogens (tertiary/aromatic N) is 1. The lowest BCUT2D eigenvalue weighted by Crippen LogP contribution is -2.40. The molecule has 1 amide bonds. The number of halogens is 1. The molecule has 0 radical (unpaired) electrons. The maximum atomic E-state index is 12.9. The van der Waals surface area contributed by atoms with E-state index >= 15 is 0 Å². The zero-order valence-corrected chi connectivity index (χ0v) is 19.2. The highest BCUT2D eigenvalue weighted by atomic mass is 35.5. The lowest BCUT2D eigenvalue weighted by molar-refractivity contribution is -0.118. The number of methoxy groups -OCH3 is 1. The first kappa shape index (κ1) is 24.1. The number of nitrogens with one attached hydrogen (secondary N) is 1. The molecule has 1 heterocycles. The second kappa shape index (κ2) is 10.8. The van der Waals surface area contributed by atoms with Gasteiger partial charge in [-0.1, -0.05) is 23.7 Å². The zero-order valence-electron chi connectivity index (χ0n) is 17.7. The molecule has 0 spiro atoms. The summed E-state index contributed by atoms with van der Waals surface area (Å²) in [4.78, 5) is 12.5. The summed E-state index contributed by atoms with van der Waals surface area (Å²) in [6.07, 6.45) is 2.46. The Bertz CT molecular complexity index is 1080. The normalized spacial score (nSPS) is 14.6. The standard InChI is InChI=1S/C22H25ClN2O6S/c1-3-4-16-5-8-20(21(13-16)29-2)31-15-22(26)24-19-14-17(6-7-18(19)23)32(27,28)25-9-11-30-12-10-25/h3,5-8,13-14H,1,4,9-12,15H2,2H3,(H,24,26). The molecule has 1 aliphatic heterocycles. The fourth-order valence-corrected chi connectivity index (χ4v) is 4.75. The summed E-state index contributed by atoms with van der Waals surface area (Å²) in [5.74, 6) is 0.407. The number of hydrogen-bond acceptors (Lipinski definition) is 6. The van der Waals surface area contributed by atoms with Crippen LogP contribution in [0.5, 0.6) is 11.5 Å². The zero-order chi connectivity index (χ0) is 23.1. The highest BCUT2D eigenvalue weighted by molar-refractivity contribution is 7.89. The molecule has 3 rings (SSSR count). The summed E-state index contributed by atoms with van der Waals surface area (Å²) in [6.45, 7) is 4.62. The molecular formula is C22H25ClN2O6S. The first-order chi connectivity index (χ1) is 15.3. The van der Waals surface area contributed by atoms with Gasteiger partial charge in [0, 0.05) is 13.1 Å². The monoisotopic (exact) mass is 480 g/mol. The van der Waals surface area contributed by atoms with Crippen LogP contribution in [0.1, 0.15) is 5.56 Å². The van der Waals surface area contributed by atoms with Gasteiger partial charge in [0.1, 0.15) is 0 Å². The van der Waals surface area contributed by atoms with Gasteiger partial charge in [-0.05, 0) is 42.3 Å². The van der Waals surface area contributed by atoms with Crippen molar-refractivity contribution in [1.29, 1.82) is 0 Å². The van der Waals surface area contributed by atoms with Gasteiger partial charge < -0.3 is 19.5 Å². The Morgan fingerprint density at radius 2 is 1.97 bits per heavy atom. The van der Waals surface area contributed by atoms with Crippen LogP contribution < -0.4 is 14.8 Å². The Morgan fingerprint density at radius 3 is 2.66 bits per heavy atom. The summed E-state index contributed by atoms with van der Waals surface area (Å²) in [5, 5.41) is 2.82. The van der Waals surface area contributed by atoms with E-state index in [1.54, 1.807) is 12.1 Å². The minimum absolute atomic E-state index is 0.0412. The van der Waals surface area contributed by atoms with Crippen LogP contribution in [0.4, 0.5) is 5.69 Å². The number of carbonyl (C=O) groups is 1. The number of amides is 1. The van der Waals surface area contributed by atoms with Gasteiger partial charge in [0.2, 0.25) is 10.0 Å². The summed E-state index contributed by atoms with van der Waals surface area (Å²) < 4.78 is 43.2. The summed E-state index contributed by atoms with van der Waals surface area (Å²) in [6, 6.07) is 9.57. The fraction of sp³-hybridized carbons (Fsp3) is 0.318. The molecule has 0 aromatic heterocycles. The first-order valence-electron chi connectivity index (χ1n) is 9.93. The molecule has 8 nitrogen and oxygen atoms in total. The van der Waals surface area contributed by atoms with Crippen LogP contribution >= 0.6 is 11.6 Å². The molecule has 0 saturated carbocycles. The molecule has 0 aliphatic carbocycles. The average molecular weight is 481 g/mol. The van der Waals surface area contributed by atoms with Gasteiger partial charge in [-0.15, -0.1) is 6.58 Å². The van der Waals surface area contributed by atoms with Crippen molar-refractivity contribution in [3.63, 3.8) is 0 Å². The predicted molar refractivity (Wildman–Crippen MR) is 122 cm³/mol. The maximum absolute atomic E-state index is 12.9. The third-order valence-electron chi connectivity index (χ3n) is 4.79. The van der Waals surface area contributed by atoms with Crippen LogP contribution in [-0.4, -0.2) is 58.7 Å². The van der Waals surface area contributed by atoms with E-state index in [-0.39, 0.29) is 35.3 Å². The molecule has 0 unspecified atom stereocenters. The van der Waals surface area contributed by atoms with E-state index in [4.69, 9.17) is 25.8 Å². The number of ether oxygens (including phenoxy) is 3. The van der Waals surface area contributed by atoms with Gasteiger partial charge in [0.25, 0.3) is 5.91 Å². The van der Waals surface area contributed by atoms with E-state index in [1.807, 2.05) is 12.1 Å². The van der Waals surface area contributed by atoms with Crippen molar-refractivity contribution < 1.29 is 27.4 Å². The number of carbonyl (C=O) groups excluding carboxylic acids is 1. The minimum Gasteiger partial charge on any atom is -0.493 e. The highest BCUT2D eigenvalue weighted by Gasteiger charge is 2.27. The Balaban J connectivity index is 1.69. The smallest absolute Gasteiger partial charge is 0.262 e. The molecule has 2 aromatic rings. The third-order valence-corrected chi connectivity index (χ3v) is 7.01. The van der Waals surface area contributed by atoms with Crippen molar-refractivity contribution in [2.45, 2.75) is 11.3 Å². The number of morpholine rings is 1. The fourth-order valence-electron chi connectivity index (χ4n) is 3.15. The first-order valence-corrected chi connectivity index (χ1v) is 11.7. The van der Waals surface area contributed by atoms with E-state index in [2.05, 4.69) is 11.9 Å². The molecule has 1 saturated heterocycles. The van der Waals surface area contributed by atoms with Crippen molar-refractivity contribution in [3.8, 4) is 11.5 Å². The van der Waals surface area contributed by atoms with Crippen LogP contribution in [0.3, 0.4) is 0 Å². The SMILES string of the molecule is C=CCc1ccc(OCC(=O)Nc2cc(S(=O)(=O)N3CCOCC3)ccc2Cl)c(OC)c1. The molecule has 10 heteroatoms. The minimum atomic E-state index is -3.72. The van der Waals surface area contributed by atoms with Crippen LogP contribution in [0.2, 0.25) is 5.02 Å². The van der Waals surface area contributed by atoms with E-state index in [0.717, 1.165) is 5.56 Å². The van der Waals surface area contributed by atoms with Crippen molar-refractivity contribution in [1.82, 2.24) is 4.31 Å². The van der Waals surface area contributed by atoms with Gasteiger partial charge in [0.15, 0.2) is 18.1 Å². The van der Waals surface area contributed by atoms with Gasteiger partial charge in [-0.2, -0.15) is 4.31 Å². The van der Waals surface area contributed by atoms with Crippen molar-refractivity contribution in [3.05, 3.63) is 59.6 Å². The van der Waals surface area contributed by atoms with Crippen LogP contribution in [0, 0.1) is 0 Å². The van der Waals surface area contributed by atoms with Crippen molar-refractivity contribution >= 4 is 33.2 Å². The highest BCUT2D eigenvalue weighted by Crippen LogP contribution is 2.29. The molecular weight excluding hydrogens is 456 g/mol. The van der Waals surface area contributed by atoms with Crippen LogP contribution in [-0.2, 0) is 26.0 Å². The van der Waals surface area contributed by atoms with E-state index in [0.29, 0.717) is 31.1 Å². The second-order valence-electron chi connectivity index (χ2n) is 6.97. The Morgan fingerprint density at radius 1 is 1.22 bits per heavy atom. The maximum Gasteiger partial charge on any atom is 0.262 e. The van der Waals surface area contributed by atoms with E-state index < -0.39 is 15.9 Å². The molecule has 172 valence electrons. The van der Waals surface area contributed by atoms with Gasteiger partial charge in [0.05, 0.1) is 35.9 Å². The Kier molecular flexibility index (Phi) is 8.14. The van der Waals surface area contributed by atoms with Gasteiger partial charge in [-0.3, -0.25) is 4.79 Å². The second-order valence-corrected chi connectivity index (χ2v) is 9.32. The van der Waals surface area contributed by atoms with Crippen LogP contribution in [0.25, 0.3) is 0 Å². The number of benzene rings is 2. The lowest BCUT2D eigenvalue weighted by atomic mass is 10.1. The van der Waals surface area contributed by atoms with E-state index in [9.17, 15) is 13.2 Å². The Hall–Kier alpha value is -2.59. The number of rotatable bonds is 9. The van der Waals surface area contributed by atoms with Crippen LogP contribution in [0.15, 0.2) is 53.9 Å². The summed E-state index contributed by atoms with van der Waals surface area (Å²) >= 11 is 6.18. The Labute approximate surface area is 192 Å². The molecule has 0 bridgehead atoms. The average Bonchev–Trinajstić information content (AvgIpc) is 2.80. The molecule has 1 aliphatic rings. The number of hydrogen-bond donors (Lipinski definition) is 1. The van der Waals surface area contributed by atoms with Crippen molar-refractivity contribution in [2.75, 3.05) is 45.3 Å². The van der Waals surface area contributed by atoms with Crippen molar-refractivity contribution in [2.24, 2.45) is 0 Å². The summed E-state index contributed by atoms with van der Waals surface area (Å²) in [7, 11) is -2.21. The lowest BCUT2D eigenvalue weighted by Gasteiger charge is -2.26. The topological polar surface area (TPSA) is 94.2 Å². The molecule has 1 fully saturated rings. The van der Waals surface area contributed by atoms with Gasteiger partial charge >= 0.3 is 0 Å². The third kappa shape index (κ3) is 5.80. The number of allylic oxidation sites excluding steroid dienone is 1. The predicted octanol–water partition coefficient (Wildman–Crippen LogP) is 3.12. The van der Waals surface area contributed by atoms with E-state index in [1.165, 1.54) is 29.6 Å². The summed E-state index contributed by atoms with van der Waals surface area (Å²) in [5.41, 5.74) is 1.18. The van der Waals surface area contributed by atoms with Gasteiger partial charge in [-0.25, -0.2) is 8.42 Å².